The molecule has 0 fully saturated rings. The maximum absolute atomic E-state index is 11.3. The van der Waals surface area contributed by atoms with Crippen LogP contribution in [-0.2, 0) is 50.4 Å². The molecule has 10 nitrogen and oxygen atoms in total. The van der Waals surface area contributed by atoms with Crippen LogP contribution in [0.5, 0.6) is 11.5 Å². The Morgan fingerprint density at radius 2 is 0.797 bits per heavy atom. The van der Waals surface area contributed by atoms with Crippen molar-refractivity contribution in [3.05, 3.63) is 154 Å². The van der Waals surface area contributed by atoms with Crippen LogP contribution in [0.4, 0.5) is 75.4 Å². The van der Waals surface area contributed by atoms with Crippen molar-refractivity contribution in [2.24, 2.45) is 9.98 Å². The van der Waals surface area contributed by atoms with Gasteiger partial charge in [0.2, 0.25) is 0 Å². The molecule has 0 saturated carbocycles. The van der Waals surface area contributed by atoms with Crippen molar-refractivity contribution in [1.82, 2.24) is 0 Å². The smallest absolute Gasteiger partial charge is 0.869 e. The molecule has 4 aromatic carbocycles. The van der Waals surface area contributed by atoms with Gasteiger partial charge in [-0.25, -0.2) is 9.98 Å². The van der Waals surface area contributed by atoms with E-state index < -0.39 is 59.9 Å². The molecule has 2 heterocycles. The summed E-state index contributed by atoms with van der Waals surface area (Å²) in [5.41, 5.74) is 8.21. The number of carbonyl (C=O) groups is 2. The quantitative estimate of drug-likeness (QED) is 0.0812. The first-order valence-electron chi connectivity index (χ1n) is 16.8. The van der Waals surface area contributed by atoms with E-state index in [0.717, 1.165) is 56.8 Å². The van der Waals surface area contributed by atoms with Crippen LogP contribution in [0.25, 0.3) is 10.6 Å². The van der Waals surface area contributed by atoms with Gasteiger partial charge in [-0.1, -0.05) is 48.5 Å². The van der Waals surface area contributed by atoms with Gasteiger partial charge in [0, 0.05) is 0 Å². The van der Waals surface area contributed by atoms with Crippen molar-refractivity contribution >= 4 is 45.7 Å². The summed E-state index contributed by atoms with van der Waals surface area (Å²) in [6, 6.07) is 31.4. The molecular formula is C40H24F12N4O6Pd2. The number of alkyl halides is 12. The van der Waals surface area contributed by atoms with Crippen LogP contribution in [0, 0.1) is 0 Å². The second-order valence-electron chi connectivity index (χ2n) is 12.0. The summed E-state index contributed by atoms with van der Waals surface area (Å²) in [5, 5.41) is 29.6. The monoisotopic (exact) mass is 1100 g/mol. The molecule has 2 aliphatic heterocycles. The minimum atomic E-state index is -5.46. The molecule has 24 heteroatoms. The molecular weight excluding hydrogens is 1070 g/mol. The summed E-state index contributed by atoms with van der Waals surface area (Å²) in [5.74, 6) is -9.73. The summed E-state index contributed by atoms with van der Waals surface area (Å²) >= 11 is 0. The summed E-state index contributed by atoms with van der Waals surface area (Å²) < 4.78 is 146. The Bertz CT molecular complexity index is 2280. The fourth-order valence-corrected chi connectivity index (χ4v) is 4.84. The van der Waals surface area contributed by atoms with Crippen molar-refractivity contribution < 1.29 is 123 Å². The molecule has 0 aliphatic carbocycles. The second kappa shape index (κ2) is 22.1. The Balaban J connectivity index is 0.000000419. The number of methoxy groups -OCH3 is 2. The van der Waals surface area contributed by atoms with Gasteiger partial charge in [-0.05, 0) is 83.3 Å². The summed E-state index contributed by atoms with van der Waals surface area (Å²) in [4.78, 5) is 29.7. The third-order valence-corrected chi connectivity index (χ3v) is 7.72. The van der Waals surface area contributed by atoms with E-state index in [2.05, 4.69) is 0 Å². The number of hydrogen-bond donors (Lipinski definition) is 0. The number of ketones is 2. The third-order valence-electron chi connectivity index (χ3n) is 7.72. The van der Waals surface area contributed by atoms with Crippen LogP contribution in [0.15, 0.2) is 142 Å². The molecule has 2 aliphatic rings. The molecule has 0 N–H and O–H groups in total. The van der Waals surface area contributed by atoms with Crippen molar-refractivity contribution in [2.75, 3.05) is 14.2 Å². The van der Waals surface area contributed by atoms with Gasteiger partial charge in [0.25, 0.3) is 11.6 Å². The second-order valence-corrected chi connectivity index (χ2v) is 12.0. The molecule has 4 aromatic rings. The van der Waals surface area contributed by atoms with Crippen LogP contribution in [0.2, 0.25) is 0 Å². The number of ether oxygens (including phenoxy) is 2. The summed E-state index contributed by atoms with van der Waals surface area (Å²) in [6.45, 7) is 0. The zero-order valence-corrected chi connectivity index (χ0v) is 34.9. The molecule has 0 bridgehead atoms. The maximum atomic E-state index is 11.3. The Morgan fingerprint density at radius 3 is 1.06 bits per heavy atom. The minimum Gasteiger partial charge on any atom is -0.869 e. The molecule has 0 aromatic heterocycles. The van der Waals surface area contributed by atoms with Gasteiger partial charge in [-0.15, -0.1) is 22.8 Å². The molecule has 0 saturated heterocycles. The number of hydrogen-bond acceptors (Lipinski definition) is 8. The first kappa shape index (κ1) is 54.2. The maximum Gasteiger partial charge on any atom is 2.00 e. The number of halogens is 12. The average Bonchev–Trinajstić information content (AvgIpc) is 3.75. The zero-order chi connectivity index (χ0) is 46.2. The number of fused-ring (bicyclic) bond motifs is 2. The van der Waals surface area contributed by atoms with Gasteiger partial charge in [0.1, 0.15) is 11.5 Å². The molecule has 6 rings (SSSR count). The van der Waals surface area contributed by atoms with E-state index in [1.807, 2.05) is 97.1 Å². The number of carbonyl (C=O) groups excluding carboxylic acids is 2. The molecule has 0 amide bonds. The van der Waals surface area contributed by atoms with Gasteiger partial charge in [-0.3, -0.25) is 9.59 Å². The van der Waals surface area contributed by atoms with Gasteiger partial charge in [0.05, 0.1) is 37.0 Å². The molecule has 0 spiro atoms. The minimum absolute atomic E-state index is 0. The van der Waals surface area contributed by atoms with Crippen LogP contribution in [0.3, 0.4) is 0 Å². The predicted molar refractivity (Wildman–Crippen MR) is 195 cm³/mol. The van der Waals surface area contributed by atoms with E-state index in [0.29, 0.717) is 11.4 Å². The van der Waals surface area contributed by atoms with Crippen LogP contribution < -0.4 is 19.7 Å². The van der Waals surface area contributed by atoms with E-state index in [1.165, 1.54) is 0 Å². The van der Waals surface area contributed by atoms with E-state index in [4.69, 9.17) is 30.1 Å². The fourth-order valence-electron chi connectivity index (χ4n) is 4.84. The topological polar surface area (TPSA) is 152 Å². The summed E-state index contributed by atoms with van der Waals surface area (Å²) in [6.07, 6.45) is -23.9. The Hall–Kier alpha value is -5.94. The Morgan fingerprint density at radius 1 is 0.500 bits per heavy atom. The van der Waals surface area contributed by atoms with Crippen LogP contribution in [0.1, 0.15) is 11.1 Å². The van der Waals surface area contributed by atoms with Crippen molar-refractivity contribution in [1.29, 1.82) is 0 Å². The van der Waals surface area contributed by atoms with Gasteiger partial charge in [-0.2, -0.15) is 52.7 Å². The SMILES string of the molecule is COc1ccc(N=C2/C(=C3\[N-]c4ccccc4C3=Nc3ccc(OC)cc3)[N-]c3ccccc32)cc1.O=C(/C=C(\[O-])C(F)(F)F)C(F)(F)F.O=C(/C=C(\[O-])C(F)(F)F)C(F)(F)F.[Pd+2].[Pd+2]. The van der Waals surface area contributed by atoms with Crippen molar-refractivity contribution in [3.8, 4) is 11.5 Å². The van der Waals surface area contributed by atoms with Crippen LogP contribution in [-0.4, -0.2) is 61.9 Å². The summed E-state index contributed by atoms with van der Waals surface area (Å²) in [7, 11) is 3.30. The molecule has 64 heavy (non-hydrogen) atoms. The number of benzene rings is 4. The normalized spacial score (nSPS) is 16.0. The Kier molecular flexibility index (Phi) is 18.7. The average molecular weight is 1100 g/mol. The largest absolute Gasteiger partial charge is 2.00 e. The Labute approximate surface area is 381 Å². The molecule has 0 unspecified atom stereocenters. The van der Waals surface area contributed by atoms with E-state index in [1.54, 1.807) is 14.2 Å². The van der Waals surface area contributed by atoms with Gasteiger partial charge in [0.15, 0.2) is 0 Å². The van der Waals surface area contributed by atoms with Gasteiger partial charge >= 0.3 is 65.6 Å². The zero-order valence-electron chi connectivity index (χ0n) is 31.8. The fraction of sp³-hybridized carbons (Fsp3) is 0.150. The molecule has 344 valence electrons. The first-order chi connectivity index (χ1) is 28.8. The van der Waals surface area contributed by atoms with Crippen molar-refractivity contribution in [2.45, 2.75) is 24.7 Å². The van der Waals surface area contributed by atoms with E-state index in [9.17, 15) is 72.5 Å². The third kappa shape index (κ3) is 14.6. The van der Waals surface area contributed by atoms with Gasteiger partial charge < -0.3 is 30.3 Å². The number of para-hydroxylation sites is 2. The number of allylic oxidation sites excluding steroid dienone is 6. The molecule has 0 atom stereocenters. The van der Waals surface area contributed by atoms with Crippen LogP contribution >= 0.6 is 0 Å². The van der Waals surface area contributed by atoms with E-state index in [-0.39, 0.29) is 40.8 Å². The molecule has 0 radical (unpaired) electrons. The number of nitrogens with zero attached hydrogens (tertiary/aromatic N) is 4. The number of aliphatic imine (C=N–C) groups is 2. The first-order valence-corrected chi connectivity index (χ1v) is 16.8. The van der Waals surface area contributed by atoms with E-state index >= 15 is 0 Å². The number of rotatable bonds is 6. The predicted octanol–water partition coefficient (Wildman–Crippen LogP) is 9.74. The van der Waals surface area contributed by atoms with Crippen molar-refractivity contribution in [3.63, 3.8) is 0 Å². The standard InChI is InChI=1S/C30H22N4O2.2C5H2F6O2.2Pd/c1-35-21-15-11-19(12-16-21)31-27-23-7-3-5-9-25(23)33-29(27)30-28(24-8-4-6-10-26(24)34-30)32-20-13-17-22(36-2)18-14-20;2*6-4(7,8)2(12)1-3(13)5(9,10)11;;/h3-18H,1-2H3;2*1,12H;;/q-2;;;2*+2/p-2/b30-29+,31-27?,32-28?;2*2-1-;;.